The Balaban J connectivity index is 2.15. The van der Waals surface area contributed by atoms with Gasteiger partial charge < -0.3 is 20.1 Å². The number of carbonyl (C=O) groups excluding carboxylic acids is 1. The molecule has 0 aliphatic heterocycles. The van der Waals surface area contributed by atoms with Gasteiger partial charge in [0, 0.05) is 16.5 Å². The molecule has 3 N–H and O–H groups in total. The van der Waals surface area contributed by atoms with Crippen LogP contribution >= 0.6 is 0 Å². The number of rotatable bonds is 6. The molecule has 0 aliphatic carbocycles. The first-order chi connectivity index (χ1) is 17.2. The van der Waals surface area contributed by atoms with E-state index in [0.717, 1.165) is 16.7 Å². The van der Waals surface area contributed by atoms with E-state index in [0.29, 0.717) is 18.2 Å². The summed E-state index contributed by atoms with van der Waals surface area (Å²) in [7, 11) is 0. The van der Waals surface area contributed by atoms with E-state index in [1.807, 2.05) is 0 Å². The highest BCUT2D eigenvalue weighted by Gasteiger charge is 2.36. The first kappa shape index (κ1) is 25.8. The van der Waals surface area contributed by atoms with Crippen molar-refractivity contribution in [3.63, 3.8) is 0 Å². The van der Waals surface area contributed by atoms with Gasteiger partial charge in [0.2, 0.25) is 5.91 Å². The van der Waals surface area contributed by atoms with Crippen LogP contribution < -0.4 is 10.5 Å². The average molecular weight is 528 g/mol. The fourth-order valence-corrected chi connectivity index (χ4v) is 4.16. The van der Waals surface area contributed by atoms with Gasteiger partial charge in [0.25, 0.3) is 0 Å². The molecule has 0 aliphatic rings. The van der Waals surface area contributed by atoms with Gasteiger partial charge in [-0.1, -0.05) is 12.1 Å². The minimum atomic E-state index is -4.98. The summed E-state index contributed by atoms with van der Waals surface area (Å²) in [6, 6.07) is 7.19. The molecule has 0 fully saturated rings. The van der Waals surface area contributed by atoms with Crippen molar-refractivity contribution < 1.29 is 50.2 Å². The second-order valence-electron chi connectivity index (χ2n) is 7.96. The number of hydrogen-bond acceptors (Lipinski definition) is 3. The number of carbonyl (C=O) groups is 2. The molecule has 13 heteroatoms. The standard InChI is InChI=1S/C24H15F7N2O4/c25-15-5-2-4-14(24(29,30)31)13(15)9-33-16-6-1-3-12(22(32)36)20(16)21-17(33)7-11(23(26,27)28)8-18(21)37-10-19(34)35/h1-8H,9-10H2,(H2,32,36)(H,34,35). The fourth-order valence-electron chi connectivity index (χ4n) is 4.16. The molecule has 0 saturated carbocycles. The lowest BCUT2D eigenvalue weighted by Gasteiger charge is -2.16. The second kappa shape index (κ2) is 8.98. The van der Waals surface area contributed by atoms with Gasteiger partial charge in [-0.25, -0.2) is 9.18 Å². The molecule has 6 nitrogen and oxygen atoms in total. The number of carboxylic acids is 1. The van der Waals surface area contributed by atoms with Crippen molar-refractivity contribution in [3.8, 4) is 5.75 Å². The third-order valence-corrected chi connectivity index (χ3v) is 5.64. The summed E-state index contributed by atoms with van der Waals surface area (Å²) < 4.78 is 103. The Kier molecular flexibility index (Phi) is 6.26. The molecular formula is C24H15F7N2O4. The van der Waals surface area contributed by atoms with Crippen LogP contribution in [-0.2, 0) is 23.7 Å². The zero-order valence-corrected chi connectivity index (χ0v) is 18.4. The zero-order chi connectivity index (χ0) is 27.3. The van der Waals surface area contributed by atoms with Crippen LogP contribution in [0.1, 0.15) is 27.0 Å². The first-order valence-electron chi connectivity index (χ1n) is 10.3. The number of halogens is 7. The summed E-state index contributed by atoms with van der Waals surface area (Å²) in [5.74, 6) is -4.40. The Bertz CT molecular complexity index is 1560. The summed E-state index contributed by atoms with van der Waals surface area (Å²) in [6.07, 6.45) is -9.96. The minimum absolute atomic E-state index is 0.0535. The van der Waals surface area contributed by atoms with E-state index in [9.17, 15) is 40.3 Å². The van der Waals surface area contributed by atoms with Crippen molar-refractivity contribution in [1.82, 2.24) is 4.57 Å². The highest BCUT2D eigenvalue weighted by molar-refractivity contribution is 6.20. The molecule has 4 aromatic rings. The third kappa shape index (κ3) is 4.76. The first-order valence-corrected chi connectivity index (χ1v) is 10.3. The van der Waals surface area contributed by atoms with Gasteiger partial charge in [0.1, 0.15) is 11.6 Å². The predicted octanol–water partition coefficient (Wildman–Crippen LogP) is 5.58. The van der Waals surface area contributed by atoms with E-state index in [1.165, 1.54) is 18.2 Å². The lowest BCUT2D eigenvalue weighted by atomic mass is 10.0. The van der Waals surface area contributed by atoms with E-state index in [-0.39, 0.29) is 27.4 Å². The van der Waals surface area contributed by atoms with E-state index in [2.05, 4.69) is 0 Å². The predicted molar refractivity (Wildman–Crippen MR) is 117 cm³/mol. The molecule has 3 aromatic carbocycles. The number of aliphatic carboxylic acids is 1. The van der Waals surface area contributed by atoms with Crippen LogP contribution in [0.4, 0.5) is 30.7 Å². The Hall–Kier alpha value is -4.29. The number of carboxylic acid groups (broad SMARTS) is 1. The average Bonchev–Trinajstić information content (AvgIpc) is 3.11. The molecule has 37 heavy (non-hydrogen) atoms. The van der Waals surface area contributed by atoms with E-state index in [1.54, 1.807) is 0 Å². The molecule has 1 amide bonds. The van der Waals surface area contributed by atoms with Crippen LogP contribution in [0.15, 0.2) is 48.5 Å². The molecule has 0 unspecified atom stereocenters. The van der Waals surface area contributed by atoms with Gasteiger partial charge in [-0.05, 0) is 36.4 Å². The number of aromatic nitrogens is 1. The normalized spacial score (nSPS) is 12.3. The maximum atomic E-state index is 14.7. The number of ether oxygens (including phenoxy) is 1. The topological polar surface area (TPSA) is 94.6 Å². The number of alkyl halides is 6. The summed E-state index contributed by atoms with van der Waals surface area (Å²) in [4.78, 5) is 23.2. The minimum Gasteiger partial charge on any atom is -0.481 e. The Labute approximate surface area is 202 Å². The zero-order valence-electron chi connectivity index (χ0n) is 18.4. The highest BCUT2D eigenvalue weighted by atomic mass is 19.4. The van der Waals surface area contributed by atoms with Crippen LogP contribution in [0, 0.1) is 5.82 Å². The van der Waals surface area contributed by atoms with E-state index >= 15 is 0 Å². The number of amides is 1. The van der Waals surface area contributed by atoms with Crippen LogP contribution in [0.3, 0.4) is 0 Å². The van der Waals surface area contributed by atoms with Crippen LogP contribution in [0.5, 0.6) is 5.75 Å². The molecule has 1 aromatic heterocycles. The van der Waals surface area contributed by atoms with Crippen molar-refractivity contribution in [1.29, 1.82) is 0 Å². The van der Waals surface area contributed by atoms with Crippen molar-refractivity contribution in [3.05, 3.63) is 76.6 Å². The molecule has 4 rings (SSSR count). The Morgan fingerprint density at radius 3 is 2.19 bits per heavy atom. The van der Waals surface area contributed by atoms with Crippen molar-refractivity contribution in [2.24, 2.45) is 5.73 Å². The Morgan fingerprint density at radius 2 is 1.59 bits per heavy atom. The maximum Gasteiger partial charge on any atom is 0.416 e. The maximum absolute atomic E-state index is 14.7. The number of primary amides is 1. The second-order valence-corrected chi connectivity index (χ2v) is 7.96. The fraction of sp³-hybridized carbons (Fsp3) is 0.167. The largest absolute Gasteiger partial charge is 0.481 e. The lowest BCUT2D eigenvalue weighted by Crippen LogP contribution is -2.14. The number of nitrogens with zero attached hydrogens (tertiary/aromatic N) is 1. The number of hydrogen-bond donors (Lipinski definition) is 2. The lowest BCUT2D eigenvalue weighted by molar-refractivity contribution is -0.139. The summed E-state index contributed by atoms with van der Waals surface area (Å²) >= 11 is 0. The van der Waals surface area contributed by atoms with Gasteiger partial charge in [0.05, 0.1) is 34.1 Å². The molecule has 0 radical (unpaired) electrons. The van der Waals surface area contributed by atoms with Gasteiger partial charge in [-0.3, -0.25) is 4.79 Å². The number of fused-ring (bicyclic) bond motifs is 3. The molecule has 0 bridgehead atoms. The number of nitrogens with two attached hydrogens (primary N) is 1. The van der Waals surface area contributed by atoms with E-state index < -0.39 is 65.6 Å². The SMILES string of the molecule is NC(=O)c1cccc2c1c1c(OCC(=O)O)cc(C(F)(F)F)cc1n2Cc1c(F)cccc1C(F)(F)F. The van der Waals surface area contributed by atoms with Gasteiger partial charge >= 0.3 is 18.3 Å². The van der Waals surface area contributed by atoms with Crippen molar-refractivity contribution in [2.45, 2.75) is 18.9 Å². The molecule has 0 spiro atoms. The van der Waals surface area contributed by atoms with Crippen molar-refractivity contribution >= 4 is 33.7 Å². The van der Waals surface area contributed by atoms with Gasteiger partial charge in [-0.15, -0.1) is 0 Å². The molecule has 0 saturated heterocycles. The molecule has 194 valence electrons. The van der Waals surface area contributed by atoms with Crippen LogP contribution in [0.25, 0.3) is 21.8 Å². The van der Waals surface area contributed by atoms with E-state index in [4.69, 9.17) is 15.6 Å². The third-order valence-electron chi connectivity index (χ3n) is 5.64. The van der Waals surface area contributed by atoms with Crippen LogP contribution in [0.2, 0.25) is 0 Å². The van der Waals surface area contributed by atoms with Gasteiger partial charge in [-0.2, -0.15) is 26.3 Å². The monoisotopic (exact) mass is 528 g/mol. The Morgan fingerprint density at radius 1 is 0.919 bits per heavy atom. The number of benzene rings is 3. The summed E-state index contributed by atoms with van der Waals surface area (Å²) in [5, 5.41) is 8.70. The summed E-state index contributed by atoms with van der Waals surface area (Å²) in [5.41, 5.74) is 1.28. The molecule has 0 atom stereocenters. The smallest absolute Gasteiger partial charge is 0.416 e. The quantitative estimate of drug-likeness (QED) is 0.320. The van der Waals surface area contributed by atoms with Gasteiger partial charge in [0.15, 0.2) is 6.61 Å². The highest BCUT2D eigenvalue weighted by Crippen LogP contribution is 2.43. The van der Waals surface area contributed by atoms with Crippen LogP contribution in [-0.4, -0.2) is 28.2 Å². The molecule has 1 heterocycles. The molecular weight excluding hydrogens is 513 g/mol. The summed E-state index contributed by atoms with van der Waals surface area (Å²) in [6.45, 7) is -1.95. The van der Waals surface area contributed by atoms with Crippen molar-refractivity contribution in [2.75, 3.05) is 6.61 Å².